The lowest BCUT2D eigenvalue weighted by atomic mass is 9.78. The lowest BCUT2D eigenvalue weighted by Gasteiger charge is -2.28. The van der Waals surface area contributed by atoms with Crippen LogP contribution in [-0.2, 0) is 12.6 Å². The molecule has 37 heavy (non-hydrogen) atoms. The SMILES string of the molecule is CCCCC1CCC(CCc2ccc3c(F)c(C#Cc4cc(F)c(C(F)(F)F)c(F)c4)ccc3c2)CC1. The highest BCUT2D eigenvalue weighted by Gasteiger charge is 2.37. The topological polar surface area (TPSA) is 0 Å². The number of halogens is 6. The van der Waals surface area contributed by atoms with Gasteiger partial charge in [-0.1, -0.05) is 88.0 Å². The average molecular weight is 517 g/mol. The van der Waals surface area contributed by atoms with Crippen LogP contribution in [0.25, 0.3) is 10.8 Å². The molecule has 1 saturated carbocycles. The summed E-state index contributed by atoms with van der Waals surface area (Å²) in [5.41, 5.74) is -1.13. The normalized spacial score (nSPS) is 18.0. The minimum absolute atomic E-state index is 0.000738. The van der Waals surface area contributed by atoms with E-state index in [0.717, 1.165) is 35.6 Å². The van der Waals surface area contributed by atoms with Gasteiger partial charge in [0, 0.05) is 10.9 Å². The molecular weight excluding hydrogens is 486 g/mol. The molecule has 0 saturated heterocycles. The number of benzene rings is 3. The predicted octanol–water partition coefficient (Wildman–Crippen LogP) is 9.60. The van der Waals surface area contributed by atoms with Gasteiger partial charge in [-0.25, -0.2) is 13.2 Å². The van der Waals surface area contributed by atoms with Crippen LogP contribution in [-0.4, -0.2) is 0 Å². The Hall–Kier alpha value is -2.94. The number of alkyl halides is 3. The average Bonchev–Trinajstić information content (AvgIpc) is 2.85. The Bertz CT molecular complexity index is 1280. The zero-order chi connectivity index (χ0) is 26.6. The van der Waals surface area contributed by atoms with Gasteiger partial charge in [0.2, 0.25) is 0 Å². The molecule has 3 aromatic rings. The van der Waals surface area contributed by atoms with Gasteiger partial charge >= 0.3 is 6.18 Å². The summed E-state index contributed by atoms with van der Waals surface area (Å²) in [7, 11) is 0. The van der Waals surface area contributed by atoms with Gasteiger partial charge < -0.3 is 0 Å². The van der Waals surface area contributed by atoms with Crippen LogP contribution in [0.4, 0.5) is 26.3 Å². The molecule has 0 spiro atoms. The Morgan fingerprint density at radius 1 is 0.811 bits per heavy atom. The molecule has 0 atom stereocenters. The van der Waals surface area contributed by atoms with Crippen molar-refractivity contribution in [2.75, 3.05) is 0 Å². The summed E-state index contributed by atoms with van der Waals surface area (Å²) in [6, 6.07) is 9.81. The summed E-state index contributed by atoms with van der Waals surface area (Å²) in [4.78, 5) is 0. The van der Waals surface area contributed by atoms with Crippen LogP contribution >= 0.6 is 0 Å². The maximum absolute atomic E-state index is 15.1. The largest absolute Gasteiger partial charge is 0.422 e. The van der Waals surface area contributed by atoms with Gasteiger partial charge in [-0.15, -0.1) is 0 Å². The van der Waals surface area contributed by atoms with Gasteiger partial charge in [-0.05, 0) is 53.8 Å². The van der Waals surface area contributed by atoms with Gasteiger partial charge in [0.05, 0.1) is 5.56 Å². The van der Waals surface area contributed by atoms with Crippen molar-refractivity contribution in [1.29, 1.82) is 0 Å². The van der Waals surface area contributed by atoms with Crippen molar-refractivity contribution in [3.63, 3.8) is 0 Å². The minimum atomic E-state index is -5.16. The third-order valence-electron chi connectivity index (χ3n) is 7.46. The Kier molecular flexibility index (Phi) is 8.52. The molecule has 1 fully saturated rings. The molecule has 0 bridgehead atoms. The van der Waals surface area contributed by atoms with Crippen molar-refractivity contribution >= 4 is 10.8 Å². The first-order valence-corrected chi connectivity index (χ1v) is 12.9. The van der Waals surface area contributed by atoms with Crippen LogP contribution in [0.5, 0.6) is 0 Å². The van der Waals surface area contributed by atoms with E-state index in [1.54, 1.807) is 12.1 Å². The molecule has 0 unspecified atom stereocenters. The highest BCUT2D eigenvalue weighted by atomic mass is 19.4. The monoisotopic (exact) mass is 516 g/mol. The number of hydrogen-bond donors (Lipinski definition) is 0. The Balaban J connectivity index is 1.44. The Morgan fingerprint density at radius 2 is 1.46 bits per heavy atom. The molecule has 196 valence electrons. The zero-order valence-electron chi connectivity index (χ0n) is 20.8. The predicted molar refractivity (Wildman–Crippen MR) is 135 cm³/mol. The molecular formula is C31H30F6. The van der Waals surface area contributed by atoms with Crippen LogP contribution in [0.2, 0.25) is 0 Å². The van der Waals surface area contributed by atoms with Crippen molar-refractivity contribution < 1.29 is 26.3 Å². The van der Waals surface area contributed by atoms with E-state index in [9.17, 15) is 22.0 Å². The molecule has 0 radical (unpaired) electrons. The van der Waals surface area contributed by atoms with E-state index >= 15 is 4.39 Å². The summed E-state index contributed by atoms with van der Waals surface area (Å²) in [6.45, 7) is 2.24. The van der Waals surface area contributed by atoms with Crippen molar-refractivity contribution in [2.24, 2.45) is 11.8 Å². The first-order chi connectivity index (χ1) is 17.7. The zero-order valence-corrected chi connectivity index (χ0v) is 20.8. The summed E-state index contributed by atoms with van der Waals surface area (Å²) in [6.07, 6.45) is 6.05. The molecule has 3 aromatic carbocycles. The number of hydrogen-bond acceptors (Lipinski definition) is 0. The van der Waals surface area contributed by atoms with Crippen LogP contribution in [0.3, 0.4) is 0 Å². The Labute approximate surface area is 214 Å². The van der Waals surface area contributed by atoms with Crippen molar-refractivity contribution in [1.82, 2.24) is 0 Å². The molecule has 0 N–H and O–H groups in total. The molecule has 4 rings (SSSR count). The maximum atomic E-state index is 15.1. The minimum Gasteiger partial charge on any atom is -0.206 e. The summed E-state index contributed by atoms with van der Waals surface area (Å²) in [5, 5.41) is 1.10. The molecule has 0 aliphatic heterocycles. The van der Waals surface area contributed by atoms with E-state index in [1.807, 2.05) is 12.1 Å². The van der Waals surface area contributed by atoms with E-state index in [0.29, 0.717) is 17.5 Å². The fraction of sp³-hybridized carbons (Fsp3) is 0.419. The van der Waals surface area contributed by atoms with Crippen molar-refractivity contribution in [2.45, 2.75) is 70.9 Å². The van der Waals surface area contributed by atoms with Crippen LogP contribution in [0.15, 0.2) is 42.5 Å². The molecule has 0 amide bonds. The van der Waals surface area contributed by atoms with Gasteiger partial charge in [0.15, 0.2) is 0 Å². The smallest absolute Gasteiger partial charge is 0.206 e. The second kappa shape index (κ2) is 11.6. The van der Waals surface area contributed by atoms with E-state index in [2.05, 4.69) is 18.8 Å². The maximum Gasteiger partial charge on any atom is 0.422 e. The van der Waals surface area contributed by atoms with Gasteiger partial charge in [-0.3, -0.25) is 0 Å². The molecule has 1 aliphatic rings. The second-order valence-electron chi connectivity index (χ2n) is 10.1. The highest BCUT2D eigenvalue weighted by Crippen LogP contribution is 2.35. The quantitative estimate of drug-likeness (QED) is 0.226. The van der Waals surface area contributed by atoms with Gasteiger partial charge in [0.25, 0.3) is 0 Å². The van der Waals surface area contributed by atoms with Crippen molar-refractivity contribution in [3.05, 3.63) is 82.2 Å². The van der Waals surface area contributed by atoms with E-state index in [-0.39, 0.29) is 11.1 Å². The number of unbranched alkanes of at least 4 members (excludes halogenated alkanes) is 1. The van der Waals surface area contributed by atoms with E-state index < -0.39 is 29.2 Å². The van der Waals surface area contributed by atoms with Crippen LogP contribution < -0.4 is 0 Å². The summed E-state index contributed by atoms with van der Waals surface area (Å²) in [5.74, 6) is 2.40. The first-order valence-electron chi connectivity index (χ1n) is 12.9. The fourth-order valence-corrected chi connectivity index (χ4v) is 5.32. The Morgan fingerprint density at radius 3 is 2.08 bits per heavy atom. The van der Waals surface area contributed by atoms with Gasteiger partial charge in [0.1, 0.15) is 23.0 Å². The highest BCUT2D eigenvalue weighted by molar-refractivity contribution is 5.85. The lowest BCUT2D eigenvalue weighted by molar-refractivity contribution is -0.142. The third kappa shape index (κ3) is 6.69. The standard InChI is InChI=1S/C31H30F6/c1-2-3-4-20-5-7-21(8-6-20)9-10-22-12-16-26-25(17-22)15-14-24(30(26)34)13-11-23-18-27(32)29(28(33)19-23)31(35,36)37/h12,14-21H,2-10H2,1H3. The van der Waals surface area contributed by atoms with Crippen LogP contribution in [0.1, 0.15) is 80.5 Å². The van der Waals surface area contributed by atoms with Crippen LogP contribution in [0, 0.1) is 41.1 Å². The summed E-state index contributed by atoms with van der Waals surface area (Å²) < 4.78 is 80.9. The third-order valence-corrected chi connectivity index (χ3v) is 7.46. The number of aryl methyl sites for hydroxylation is 1. The second-order valence-corrected chi connectivity index (χ2v) is 10.1. The fourth-order valence-electron chi connectivity index (χ4n) is 5.32. The van der Waals surface area contributed by atoms with E-state index in [4.69, 9.17) is 0 Å². The molecule has 0 nitrogen and oxygen atoms in total. The van der Waals surface area contributed by atoms with E-state index in [1.165, 1.54) is 51.0 Å². The molecule has 0 aromatic heterocycles. The molecule has 6 heteroatoms. The number of rotatable bonds is 6. The summed E-state index contributed by atoms with van der Waals surface area (Å²) >= 11 is 0. The first kappa shape index (κ1) is 27.1. The molecule has 0 heterocycles. The number of fused-ring (bicyclic) bond motifs is 1. The molecule has 1 aliphatic carbocycles. The lowest BCUT2D eigenvalue weighted by Crippen LogP contribution is -2.15. The van der Waals surface area contributed by atoms with Crippen molar-refractivity contribution in [3.8, 4) is 11.8 Å². The van der Waals surface area contributed by atoms with Gasteiger partial charge in [-0.2, -0.15) is 13.2 Å².